The molecular formula is C11H10BrNO4S2. The van der Waals surface area contributed by atoms with Crippen LogP contribution in [0.3, 0.4) is 0 Å². The molecule has 0 spiro atoms. The Morgan fingerprint density at radius 2 is 2.05 bits per heavy atom. The lowest BCUT2D eigenvalue weighted by atomic mass is 10.3. The van der Waals surface area contributed by atoms with Gasteiger partial charge in [-0.1, -0.05) is 0 Å². The van der Waals surface area contributed by atoms with Gasteiger partial charge < -0.3 is 9.84 Å². The number of hydrogen-bond donors (Lipinski definition) is 2. The minimum Gasteiger partial charge on any atom is -0.506 e. The molecule has 0 aliphatic carbocycles. The summed E-state index contributed by atoms with van der Waals surface area (Å²) in [5.41, 5.74) is 0.0730. The van der Waals surface area contributed by atoms with Crippen LogP contribution in [0.2, 0.25) is 0 Å². The maximum atomic E-state index is 12.1. The first-order chi connectivity index (χ1) is 8.92. The zero-order chi connectivity index (χ0) is 14.0. The molecular weight excluding hydrogens is 354 g/mol. The molecule has 1 heterocycles. The summed E-state index contributed by atoms with van der Waals surface area (Å²) in [6, 6.07) is 7.43. The molecule has 102 valence electrons. The molecule has 0 amide bonds. The van der Waals surface area contributed by atoms with Crippen molar-refractivity contribution in [2.24, 2.45) is 0 Å². The number of sulfonamides is 1. The molecule has 0 fully saturated rings. The average Bonchev–Trinajstić information content (AvgIpc) is 2.79. The third kappa shape index (κ3) is 3.20. The molecule has 0 unspecified atom stereocenters. The minimum absolute atomic E-state index is 0.0730. The molecule has 0 saturated carbocycles. The molecule has 2 aromatic rings. The Kier molecular flexibility index (Phi) is 4.02. The molecule has 0 aliphatic rings. The Morgan fingerprint density at radius 3 is 2.63 bits per heavy atom. The van der Waals surface area contributed by atoms with E-state index in [0.717, 1.165) is 11.3 Å². The number of thiophene rings is 1. The summed E-state index contributed by atoms with van der Waals surface area (Å²) in [6.07, 6.45) is 0. The highest BCUT2D eigenvalue weighted by Gasteiger charge is 2.18. The van der Waals surface area contributed by atoms with Gasteiger partial charge in [0.25, 0.3) is 10.0 Å². The van der Waals surface area contributed by atoms with Crippen LogP contribution in [-0.4, -0.2) is 20.6 Å². The highest BCUT2D eigenvalue weighted by Crippen LogP contribution is 2.32. The van der Waals surface area contributed by atoms with Gasteiger partial charge >= 0.3 is 0 Å². The van der Waals surface area contributed by atoms with Crippen LogP contribution < -0.4 is 9.46 Å². The Hall–Kier alpha value is -1.25. The van der Waals surface area contributed by atoms with Crippen LogP contribution in [0.4, 0.5) is 5.69 Å². The van der Waals surface area contributed by atoms with Crippen molar-refractivity contribution in [1.82, 2.24) is 0 Å². The number of hydrogen-bond acceptors (Lipinski definition) is 5. The second kappa shape index (κ2) is 5.40. The molecule has 5 nitrogen and oxygen atoms in total. The van der Waals surface area contributed by atoms with Crippen molar-refractivity contribution in [3.8, 4) is 11.5 Å². The fraction of sp³-hybridized carbons (Fsp3) is 0.0909. The second-order valence-corrected chi connectivity index (χ2v) is 7.92. The van der Waals surface area contributed by atoms with Gasteiger partial charge in [-0.15, -0.1) is 11.3 Å². The highest BCUT2D eigenvalue weighted by molar-refractivity contribution is 9.11. The number of aromatic hydroxyl groups is 1. The molecule has 1 aromatic heterocycles. The molecule has 2 N–H and O–H groups in total. The third-order valence-corrected chi connectivity index (χ3v) is 5.74. The molecule has 1 aromatic carbocycles. The second-order valence-electron chi connectivity index (χ2n) is 3.55. The first-order valence-corrected chi connectivity index (χ1v) is 8.17. The number of phenols is 1. The fourth-order valence-electron chi connectivity index (χ4n) is 1.36. The van der Waals surface area contributed by atoms with E-state index in [4.69, 9.17) is 4.74 Å². The molecule has 19 heavy (non-hydrogen) atoms. The number of nitrogens with one attached hydrogen (secondary N) is 1. The largest absolute Gasteiger partial charge is 0.506 e. The normalized spacial score (nSPS) is 11.3. The molecule has 8 heteroatoms. The summed E-state index contributed by atoms with van der Waals surface area (Å²) >= 11 is 4.29. The zero-order valence-electron chi connectivity index (χ0n) is 9.75. The Morgan fingerprint density at radius 1 is 1.32 bits per heavy atom. The first-order valence-electron chi connectivity index (χ1n) is 5.07. The topological polar surface area (TPSA) is 75.6 Å². The fourth-order valence-corrected chi connectivity index (χ4v) is 4.44. The number of anilines is 1. The Balaban J connectivity index is 2.35. The molecule has 0 radical (unpaired) electrons. The first kappa shape index (κ1) is 14.2. The number of ether oxygens (including phenoxy) is 1. The van der Waals surface area contributed by atoms with Gasteiger partial charge in [-0.25, -0.2) is 8.42 Å². The zero-order valence-corrected chi connectivity index (χ0v) is 13.0. The quantitative estimate of drug-likeness (QED) is 0.818. The van der Waals surface area contributed by atoms with E-state index in [1.807, 2.05) is 0 Å². The summed E-state index contributed by atoms with van der Waals surface area (Å²) in [7, 11) is -2.26. The van der Waals surface area contributed by atoms with E-state index in [-0.39, 0.29) is 15.6 Å². The van der Waals surface area contributed by atoms with Crippen molar-refractivity contribution in [2.45, 2.75) is 4.21 Å². The number of rotatable bonds is 4. The molecule has 0 atom stereocenters. The molecule has 0 aliphatic heterocycles. The van der Waals surface area contributed by atoms with Gasteiger partial charge in [0.05, 0.1) is 16.6 Å². The molecule has 0 saturated heterocycles. The van der Waals surface area contributed by atoms with E-state index < -0.39 is 10.0 Å². The summed E-state index contributed by atoms with van der Waals surface area (Å²) < 4.78 is 32.4. The van der Waals surface area contributed by atoms with Crippen molar-refractivity contribution >= 4 is 43.0 Å². The number of halogens is 1. The van der Waals surface area contributed by atoms with Gasteiger partial charge in [-0.05, 0) is 40.2 Å². The van der Waals surface area contributed by atoms with Gasteiger partial charge in [-0.3, -0.25) is 4.72 Å². The average molecular weight is 364 g/mol. The summed E-state index contributed by atoms with van der Waals surface area (Å²) in [5, 5.41) is 9.66. The van der Waals surface area contributed by atoms with Gasteiger partial charge in [-0.2, -0.15) is 0 Å². The van der Waals surface area contributed by atoms with E-state index in [0.29, 0.717) is 9.54 Å². The van der Waals surface area contributed by atoms with Crippen molar-refractivity contribution in [3.05, 3.63) is 34.1 Å². The highest BCUT2D eigenvalue weighted by atomic mass is 79.9. The predicted molar refractivity (Wildman–Crippen MR) is 77.5 cm³/mol. The third-order valence-electron chi connectivity index (χ3n) is 2.26. The predicted octanol–water partition coefficient (Wildman–Crippen LogP) is 3.03. The lowest BCUT2D eigenvalue weighted by molar-refractivity contribution is 0.413. The van der Waals surface area contributed by atoms with Crippen LogP contribution in [-0.2, 0) is 10.0 Å². The molecule has 0 bridgehead atoms. The maximum absolute atomic E-state index is 12.1. The van der Waals surface area contributed by atoms with Crippen molar-refractivity contribution < 1.29 is 18.3 Å². The monoisotopic (exact) mass is 363 g/mol. The van der Waals surface area contributed by atoms with E-state index >= 15 is 0 Å². The summed E-state index contributed by atoms with van der Waals surface area (Å²) in [6.45, 7) is 0. The standard InChI is InChI=1S/C11H10BrNO4S2/c1-17-7-2-3-9(14)8(6-7)13-19(15,16)11-5-4-10(12)18-11/h2-6,13-14H,1H3. The minimum atomic E-state index is -3.72. The van der Waals surface area contributed by atoms with E-state index in [1.165, 1.54) is 31.4 Å². The van der Waals surface area contributed by atoms with Crippen LogP contribution >= 0.6 is 27.3 Å². The van der Waals surface area contributed by atoms with Crippen LogP contribution in [0, 0.1) is 0 Å². The lowest BCUT2D eigenvalue weighted by Gasteiger charge is -2.09. The Bertz CT molecular complexity index is 696. The van der Waals surface area contributed by atoms with Crippen LogP contribution in [0.15, 0.2) is 38.3 Å². The summed E-state index contributed by atoms with van der Waals surface area (Å²) in [5.74, 6) is 0.280. The van der Waals surface area contributed by atoms with Crippen LogP contribution in [0.5, 0.6) is 11.5 Å². The number of benzene rings is 1. The number of methoxy groups -OCH3 is 1. The van der Waals surface area contributed by atoms with Gasteiger partial charge in [0.2, 0.25) is 0 Å². The smallest absolute Gasteiger partial charge is 0.271 e. The molecule has 2 rings (SSSR count). The van der Waals surface area contributed by atoms with Crippen molar-refractivity contribution in [1.29, 1.82) is 0 Å². The van der Waals surface area contributed by atoms with Gasteiger partial charge in [0.15, 0.2) is 0 Å². The SMILES string of the molecule is COc1ccc(O)c(NS(=O)(=O)c2ccc(Br)s2)c1. The van der Waals surface area contributed by atoms with Crippen molar-refractivity contribution in [3.63, 3.8) is 0 Å². The van der Waals surface area contributed by atoms with Crippen LogP contribution in [0.1, 0.15) is 0 Å². The van der Waals surface area contributed by atoms with Gasteiger partial charge in [0.1, 0.15) is 15.7 Å². The van der Waals surface area contributed by atoms with E-state index in [9.17, 15) is 13.5 Å². The summed E-state index contributed by atoms with van der Waals surface area (Å²) in [4.78, 5) is 0. The van der Waals surface area contributed by atoms with Gasteiger partial charge in [0, 0.05) is 6.07 Å². The van der Waals surface area contributed by atoms with Crippen LogP contribution in [0.25, 0.3) is 0 Å². The van der Waals surface area contributed by atoms with E-state index in [1.54, 1.807) is 6.07 Å². The van der Waals surface area contributed by atoms with E-state index in [2.05, 4.69) is 20.7 Å². The number of phenolic OH excluding ortho intramolecular Hbond substituents is 1. The maximum Gasteiger partial charge on any atom is 0.271 e. The lowest BCUT2D eigenvalue weighted by Crippen LogP contribution is -2.11. The Labute approximate surface area is 123 Å². The van der Waals surface area contributed by atoms with Crippen molar-refractivity contribution in [2.75, 3.05) is 11.8 Å².